The second kappa shape index (κ2) is 6.02. The van der Waals surface area contributed by atoms with Gasteiger partial charge in [-0.25, -0.2) is 8.78 Å². The van der Waals surface area contributed by atoms with Crippen LogP contribution in [0.3, 0.4) is 0 Å². The van der Waals surface area contributed by atoms with Crippen molar-refractivity contribution in [2.75, 3.05) is 12.4 Å². The largest absolute Gasteiger partial charge is 0.497 e. The summed E-state index contributed by atoms with van der Waals surface area (Å²) >= 11 is 3.18. The molecule has 0 aliphatic rings. The van der Waals surface area contributed by atoms with Gasteiger partial charge >= 0.3 is 0 Å². The number of methoxy groups -OCH3 is 1. The zero-order valence-corrected chi connectivity index (χ0v) is 11.8. The Bertz CT molecular complexity index is 590. The average Bonchev–Trinajstić information content (AvgIpc) is 2.39. The molecule has 2 nitrogen and oxygen atoms in total. The Morgan fingerprint density at radius 2 is 1.89 bits per heavy atom. The Morgan fingerprint density at radius 1 is 1.11 bits per heavy atom. The second-order valence-corrected chi connectivity index (χ2v) is 4.85. The van der Waals surface area contributed by atoms with E-state index in [1.54, 1.807) is 24.3 Å². The fourth-order valence-corrected chi connectivity index (χ4v) is 1.95. The van der Waals surface area contributed by atoms with Crippen LogP contribution in [0.15, 0.2) is 40.9 Å². The molecule has 5 heteroatoms. The van der Waals surface area contributed by atoms with Gasteiger partial charge in [-0.1, -0.05) is 22.0 Å². The molecule has 2 aromatic carbocycles. The van der Waals surface area contributed by atoms with Crippen molar-refractivity contribution in [3.05, 3.63) is 58.1 Å². The highest BCUT2D eigenvalue weighted by molar-refractivity contribution is 9.10. The molecule has 100 valence electrons. The SMILES string of the molecule is COc1ccc(CNc2ccc(Br)cc2F)c(F)c1. The monoisotopic (exact) mass is 327 g/mol. The Balaban J connectivity index is 2.10. The van der Waals surface area contributed by atoms with Gasteiger partial charge in [-0.2, -0.15) is 0 Å². The fraction of sp³-hybridized carbons (Fsp3) is 0.143. The summed E-state index contributed by atoms with van der Waals surface area (Å²) in [5.74, 6) is -0.316. The summed E-state index contributed by atoms with van der Waals surface area (Å²) in [4.78, 5) is 0. The lowest BCUT2D eigenvalue weighted by atomic mass is 10.2. The van der Waals surface area contributed by atoms with Crippen molar-refractivity contribution < 1.29 is 13.5 Å². The van der Waals surface area contributed by atoms with E-state index in [1.165, 1.54) is 19.2 Å². The molecule has 0 unspecified atom stereocenters. The Morgan fingerprint density at radius 3 is 2.53 bits per heavy atom. The number of halogens is 3. The molecule has 0 aliphatic carbocycles. The van der Waals surface area contributed by atoms with Crippen molar-refractivity contribution in [2.45, 2.75) is 6.54 Å². The van der Waals surface area contributed by atoms with Gasteiger partial charge in [0, 0.05) is 22.6 Å². The molecule has 0 spiro atoms. The first-order valence-corrected chi connectivity index (χ1v) is 6.41. The fourth-order valence-electron chi connectivity index (χ4n) is 1.62. The number of rotatable bonds is 4. The minimum atomic E-state index is -0.386. The van der Waals surface area contributed by atoms with Crippen LogP contribution in [0.25, 0.3) is 0 Å². The summed E-state index contributed by atoms with van der Waals surface area (Å²) in [6.07, 6.45) is 0. The topological polar surface area (TPSA) is 21.3 Å². The normalized spacial score (nSPS) is 10.3. The number of ether oxygens (including phenoxy) is 1. The van der Waals surface area contributed by atoms with Crippen LogP contribution in [0.4, 0.5) is 14.5 Å². The summed E-state index contributed by atoms with van der Waals surface area (Å²) in [6, 6.07) is 9.24. The highest BCUT2D eigenvalue weighted by Gasteiger charge is 2.06. The molecule has 0 radical (unpaired) electrons. The molecule has 0 saturated heterocycles. The van der Waals surface area contributed by atoms with Gasteiger partial charge in [0.1, 0.15) is 17.4 Å². The summed E-state index contributed by atoms with van der Waals surface area (Å²) in [7, 11) is 1.48. The Labute approximate surface area is 118 Å². The lowest BCUT2D eigenvalue weighted by Gasteiger charge is -2.09. The van der Waals surface area contributed by atoms with Gasteiger partial charge in [-0.15, -0.1) is 0 Å². The molecular weight excluding hydrogens is 316 g/mol. The molecule has 2 aromatic rings. The molecule has 0 atom stereocenters. The van der Waals surface area contributed by atoms with E-state index in [-0.39, 0.29) is 18.2 Å². The van der Waals surface area contributed by atoms with Gasteiger partial charge in [0.25, 0.3) is 0 Å². The van der Waals surface area contributed by atoms with Gasteiger partial charge in [0.15, 0.2) is 0 Å². The van der Waals surface area contributed by atoms with E-state index >= 15 is 0 Å². The molecule has 0 aliphatic heterocycles. The third-order valence-corrected chi connectivity index (χ3v) is 3.15. The number of anilines is 1. The van der Waals surface area contributed by atoms with Crippen LogP contribution < -0.4 is 10.1 Å². The maximum Gasteiger partial charge on any atom is 0.147 e. The van der Waals surface area contributed by atoms with Gasteiger partial charge in [0.05, 0.1) is 12.8 Å². The minimum Gasteiger partial charge on any atom is -0.497 e. The number of hydrogen-bond donors (Lipinski definition) is 1. The molecule has 2 rings (SSSR count). The smallest absolute Gasteiger partial charge is 0.147 e. The van der Waals surface area contributed by atoms with Crippen LogP contribution in [0, 0.1) is 11.6 Å². The summed E-state index contributed by atoms with van der Waals surface area (Å²) in [6.45, 7) is 0.203. The zero-order chi connectivity index (χ0) is 13.8. The van der Waals surface area contributed by atoms with Crippen molar-refractivity contribution in [1.82, 2.24) is 0 Å². The van der Waals surface area contributed by atoms with E-state index in [1.807, 2.05) is 0 Å². The summed E-state index contributed by atoms with van der Waals surface area (Å²) in [5.41, 5.74) is 0.779. The Hall–Kier alpha value is -1.62. The van der Waals surface area contributed by atoms with E-state index < -0.39 is 0 Å². The lowest BCUT2D eigenvalue weighted by Crippen LogP contribution is -2.03. The highest BCUT2D eigenvalue weighted by Crippen LogP contribution is 2.21. The predicted octanol–water partition coefficient (Wildman–Crippen LogP) is 4.35. The minimum absolute atomic E-state index is 0.203. The quantitative estimate of drug-likeness (QED) is 0.901. The maximum absolute atomic E-state index is 13.7. The van der Waals surface area contributed by atoms with E-state index in [0.29, 0.717) is 21.5 Å². The molecule has 1 N–H and O–H groups in total. The molecule has 0 bridgehead atoms. The standard InChI is InChI=1S/C14H12BrF2NO/c1-19-11-4-2-9(12(16)7-11)8-18-14-5-3-10(15)6-13(14)17/h2-7,18H,8H2,1H3. The molecule has 19 heavy (non-hydrogen) atoms. The Kier molecular flexibility index (Phi) is 4.37. The highest BCUT2D eigenvalue weighted by atomic mass is 79.9. The molecule has 0 saturated carbocycles. The lowest BCUT2D eigenvalue weighted by molar-refractivity contribution is 0.411. The third-order valence-electron chi connectivity index (χ3n) is 2.66. The van der Waals surface area contributed by atoms with Crippen molar-refractivity contribution >= 4 is 21.6 Å². The number of hydrogen-bond acceptors (Lipinski definition) is 2. The van der Waals surface area contributed by atoms with Crippen LogP contribution in [0.2, 0.25) is 0 Å². The molecule has 0 aromatic heterocycles. The molecule has 0 fully saturated rings. The molecular formula is C14H12BrF2NO. The van der Waals surface area contributed by atoms with Gasteiger partial charge in [0.2, 0.25) is 0 Å². The second-order valence-electron chi connectivity index (χ2n) is 3.94. The van der Waals surface area contributed by atoms with Gasteiger partial charge in [-0.3, -0.25) is 0 Å². The number of benzene rings is 2. The summed E-state index contributed by atoms with van der Waals surface area (Å²) < 4.78 is 32.8. The van der Waals surface area contributed by atoms with Crippen molar-refractivity contribution in [1.29, 1.82) is 0 Å². The average molecular weight is 328 g/mol. The van der Waals surface area contributed by atoms with Crippen LogP contribution in [-0.4, -0.2) is 7.11 Å². The van der Waals surface area contributed by atoms with Crippen molar-refractivity contribution in [3.63, 3.8) is 0 Å². The first-order valence-electron chi connectivity index (χ1n) is 5.61. The van der Waals surface area contributed by atoms with Crippen LogP contribution in [-0.2, 0) is 6.54 Å². The van der Waals surface area contributed by atoms with Gasteiger partial charge < -0.3 is 10.1 Å². The van der Waals surface area contributed by atoms with Crippen LogP contribution in [0.5, 0.6) is 5.75 Å². The zero-order valence-electron chi connectivity index (χ0n) is 10.2. The van der Waals surface area contributed by atoms with E-state index in [9.17, 15) is 8.78 Å². The first-order chi connectivity index (χ1) is 9.10. The third kappa shape index (κ3) is 3.44. The van der Waals surface area contributed by atoms with E-state index in [0.717, 1.165) is 0 Å². The maximum atomic E-state index is 13.7. The van der Waals surface area contributed by atoms with Gasteiger partial charge in [-0.05, 0) is 24.3 Å². The number of nitrogens with one attached hydrogen (secondary N) is 1. The van der Waals surface area contributed by atoms with E-state index in [2.05, 4.69) is 21.2 Å². The first kappa shape index (κ1) is 13.8. The summed E-state index contributed by atoms with van der Waals surface area (Å²) in [5, 5.41) is 2.86. The van der Waals surface area contributed by atoms with Crippen LogP contribution >= 0.6 is 15.9 Å². The van der Waals surface area contributed by atoms with Crippen LogP contribution in [0.1, 0.15) is 5.56 Å². The van der Waals surface area contributed by atoms with E-state index in [4.69, 9.17) is 4.74 Å². The predicted molar refractivity (Wildman–Crippen MR) is 74.4 cm³/mol. The molecule has 0 amide bonds. The van der Waals surface area contributed by atoms with Crippen molar-refractivity contribution in [2.24, 2.45) is 0 Å². The van der Waals surface area contributed by atoms with Crippen molar-refractivity contribution in [3.8, 4) is 5.75 Å². The molecule has 0 heterocycles.